The molecule has 10 heteroatoms. The van der Waals surface area contributed by atoms with Gasteiger partial charge in [0.2, 0.25) is 0 Å². The normalized spacial score (nSPS) is 15.1. The van der Waals surface area contributed by atoms with Gasteiger partial charge in [0.15, 0.2) is 0 Å². The maximum absolute atomic E-state index is 12.2. The summed E-state index contributed by atoms with van der Waals surface area (Å²) in [5.41, 5.74) is 2.00. The zero-order chi connectivity index (χ0) is 28.9. The number of pyridine rings is 1. The number of anilines is 1. The Labute approximate surface area is 235 Å². The largest absolute Gasteiger partial charge is 0.457 e. The molecule has 0 radical (unpaired) electrons. The number of fused-ring (bicyclic) bond motifs is 1. The van der Waals surface area contributed by atoms with Gasteiger partial charge in [0.25, 0.3) is 5.50 Å². The molecule has 5 rings (SSSR count). The Morgan fingerprint density at radius 1 is 0.850 bits per heavy atom. The van der Waals surface area contributed by atoms with Gasteiger partial charge in [0.05, 0.1) is 11.2 Å². The van der Waals surface area contributed by atoms with Crippen LogP contribution in [0.5, 0.6) is 11.5 Å². The summed E-state index contributed by atoms with van der Waals surface area (Å²) in [6.07, 6.45) is 1.81. The molecule has 4 aromatic rings. The molecule has 40 heavy (non-hydrogen) atoms. The fourth-order valence-electron chi connectivity index (χ4n) is 4.46. The van der Waals surface area contributed by atoms with Gasteiger partial charge in [-0.1, -0.05) is 70.2 Å². The van der Waals surface area contributed by atoms with Crippen LogP contribution < -0.4 is 9.75 Å². The first-order valence-electron chi connectivity index (χ1n) is 13.2. The quantitative estimate of drug-likeness (QED) is 0.232. The lowest BCUT2D eigenvalue weighted by molar-refractivity contribution is 0.284. The van der Waals surface area contributed by atoms with E-state index < -0.39 is 15.6 Å². The van der Waals surface area contributed by atoms with Gasteiger partial charge in [-0.25, -0.2) is 10.0 Å². The van der Waals surface area contributed by atoms with Crippen LogP contribution in [-0.2, 0) is 10.1 Å². The van der Waals surface area contributed by atoms with E-state index in [2.05, 4.69) is 27.6 Å². The first-order valence-corrected chi connectivity index (χ1v) is 14.7. The smallest absolute Gasteiger partial charge is 0.309 e. The van der Waals surface area contributed by atoms with Crippen molar-refractivity contribution in [1.29, 1.82) is 0 Å². The maximum Gasteiger partial charge on any atom is 0.309 e. The molecule has 210 valence electrons. The Hall–Kier alpha value is -4.02. The molecule has 9 nitrogen and oxygen atoms in total. The SMILES string of the molecule is CCN1N=NN(c2c(C(C)C)cc(Oc3ccccc3)cc2C(C)C)C1S(=O)(=O)O.c1ccc2ncccc2c1. The monoisotopic (exact) mass is 561 g/mol. The number of para-hydroxylation sites is 2. The molecule has 1 N–H and O–H groups in total. The molecule has 1 atom stereocenters. The molecule has 0 aliphatic carbocycles. The van der Waals surface area contributed by atoms with E-state index in [0.29, 0.717) is 17.2 Å². The van der Waals surface area contributed by atoms with Crippen LogP contribution in [0.4, 0.5) is 5.69 Å². The van der Waals surface area contributed by atoms with Crippen LogP contribution in [0.25, 0.3) is 10.9 Å². The predicted octanol–water partition coefficient (Wildman–Crippen LogP) is 7.56. The average molecular weight is 562 g/mol. The van der Waals surface area contributed by atoms with E-state index in [1.807, 2.05) is 101 Å². The molecule has 1 aromatic heterocycles. The van der Waals surface area contributed by atoms with Gasteiger partial charge in [0, 0.05) is 18.1 Å². The average Bonchev–Trinajstić information content (AvgIpc) is 3.38. The van der Waals surface area contributed by atoms with Gasteiger partial charge in [-0.2, -0.15) is 8.42 Å². The topological polar surface area (TPSA) is 108 Å². The van der Waals surface area contributed by atoms with E-state index in [1.54, 1.807) is 6.92 Å². The number of benzene rings is 3. The van der Waals surface area contributed by atoms with Crippen LogP contribution in [0.3, 0.4) is 0 Å². The van der Waals surface area contributed by atoms with E-state index in [9.17, 15) is 13.0 Å². The highest BCUT2D eigenvalue weighted by Gasteiger charge is 2.42. The molecular weight excluding hydrogens is 526 g/mol. The fraction of sp³-hybridized carbons (Fsp3) is 0.300. The maximum atomic E-state index is 12.2. The second-order valence-electron chi connectivity index (χ2n) is 9.99. The highest BCUT2D eigenvalue weighted by atomic mass is 32.2. The van der Waals surface area contributed by atoms with Gasteiger partial charge < -0.3 is 4.74 Å². The fourth-order valence-corrected chi connectivity index (χ4v) is 5.36. The van der Waals surface area contributed by atoms with Crippen molar-refractivity contribution in [3.8, 4) is 11.5 Å². The molecule has 0 fully saturated rings. The molecule has 1 aliphatic rings. The molecule has 2 heterocycles. The van der Waals surface area contributed by atoms with E-state index in [-0.39, 0.29) is 18.4 Å². The highest BCUT2D eigenvalue weighted by molar-refractivity contribution is 7.86. The van der Waals surface area contributed by atoms with Gasteiger partial charge in [-0.15, -0.1) is 0 Å². The molecule has 0 spiro atoms. The van der Waals surface area contributed by atoms with Crippen LogP contribution in [0, 0.1) is 0 Å². The van der Waals surface area contributed by atoms with E-state index in [1.165, 1.54) is 15.4 Å². The van der Waals surface area contributed by atoms with Crippen molar-refractivity contribution in [2.24, 2.45) is 10.4 Å². The number of nitrogens with zero attached hydrogens (tertiary/aromatic N) is 5. The van der Waals surface area contributed by atoms with Crippen molar-refractivity contribution >= 4 is 26.7 Å². The Morgan fingerprint density at radius 3 is 2.02 bits per heavy atom. The van der Waals surface area contributed by atoms with Gasteiger partial charge >= 0.3 is 10.1 Å². The minimum absolute atomic E-state index is 0.0461. The lowest BCUT2D eigenvalue weighted by Crippen LogP contribution is -2.45. The number of hydrogen-bond donors (Lipinski definition) is 1. The summed E-state index contributed by atoms with van der Waals surface area (Å²) in [6.45, 7) is 10.1. The minimum atomic E-state index is -4.47. The van der Waals surface area contributed by atoms with E-state index >= 15 is 0 Å². The zero-order valence-electron chi connectivity index (χ0n) is 23.3. The Balaban J connectivity index is 0.000000307. The van der Waals surface area contributed by atoms with Crippen molar-refractivity contribution in [1.82, 2.24) is 9.99 Å². The van der Waals surface area contributed by atoms with Crippen molar-refractivity contribution in [3.05, 3.63) is 96.2 Å². The third kappa shape index (κ3) is 6.57. The highest BCUT2D eigenvalue weighted by Crippen LogP contribution is 2.43. The molecule has 0 amide bonds. The van der Waals surface area contributed by atoms with Gasteiger partial charge in [0.1, 0.15) is 11.5 Å². The Bertz CT molecular complexity index is 1480. The van der Waals surface area contributed by atoms with Crippen LogP contribution in [0.1, 0.15) is 57.6 Å². The molecule has 0 saturated heterocycles. The minimum Gasteiger partial charge on any atom is -0.457 e. The summed E-state index contributed by atoms with van der Waals surface area (Å²) < 4.78 is 40.3. The summed E-state index contributed by atoms with van der Waals surface area (Å²) in [7, 11) is -4.47. The first kappa shape index (κ1) is 29.0. The van der Waals surface area contributed by atoms with Crippen LogP contribution in [0.2, 0.25) is 0 Å². The Kier molecular flexibility index (Phi) is 9.01. The second kappa shape index (κ2) is 12.4. The predicted molar refractivity (Wildman–Crippen MR) is 158 cm³/mol. The summed E-state index contributed by atoms with van der Waals surface area (Å²) in [5, 5.41) is 11.8. The molecule has 3 aromatic carbocycles. The summed E-state index contributed by atoms with van der Waals surface area (Å²) in [4.78, 5) is 4.18. The lowest BCUT2D eigenvalue weighted by Gasteiger charge is -2.30. The Morgan fingerprint density at radius 2 is 1.45 bits per heavy atom. The van der Waals surface area contributed by atoms with Crippen molar-refractivity contribution in [3.63, 3.8) is 0 Å². The summed E-state index contributed by atoms with van der Waals surface area (Å²) in [6, 6.07) is 25.3. The first-order chi connectivity index (χ1) is 19.1. The second-order valence-corrected chi connectivity index (χ2v) is 11.4. The lowest BCUT2D eigenvalue weighted by atomic mass is 9.92. The number of aromatic nitrogens is 1. The van der Waals surface area contributed by atoms with Crippen LogP contribution >= 0.6 is 0 Å². The number of hydrogen-bond acceptors (Lipinski definition) is 8. The zero-order valence-corrected chi connectivity index (χ0v) is 24.2. The summed E-state index contributed by atoms with van der Waals surface area (Å²) in [5.74, 6) is 1.46. The number of ether oxygens (including phenoxy) is 1. The molecule has 0 saturated carbocycles. The van der Waals surface area contributed by atoms with Crippen LogP contribution in [-0.4, -0.2) is 35.0 Å². The van der Waals surface area contributed by atoms with Crippen molar-refractivity contribution < 1.29 is 17.7 Å². The third-order valence-electron chi connectivity index (χ3n) is 6.41. The van der Waals surface area contributed by atoms with E-state index in [4.69, 9.17) is 4.74 Å². The summed E-state index contributed by atoms with van der Waals surface area (Å²) >= 11 is 0. The molecule has 0 bridgehead atoms. The molecular formula is C30H35N5O4S. The molecule has 1 aliphatic heterocycles. The number of rotatable bonds is 7. The van der Waals surface area contributed by atoms with E-state index in [0.717, 1.165) is 16.6 Å². The van der Waals surface area contributed by atoms with Gasteiger partial charge in [-0.05, 0) is 76.7 Å². The van der Waals surface area contributed by atoms with Crippen molar-refractivity contribution in [2.45, 2.75) is 52.0 Å². The molecule has 1 unspecified atom stereocenters. The standard InChI is InChI=1S/C21H28N4O4S.C9H7N/c1-6-24-21(30(26,27)28)25(23-22-24)20-18(14(2)3)12-17(13-19(20)15(4)5)29-16-10-8-7-9-11-16;1-2-6-9-8(4-1)5-3-7-10-9/h7-15,21H,6H2,1-5H3,(H,26,27,28);1-7H. The third-order valence-corrected chi connectivity index (χ3v) is 7.39. The van der Waals surface area contributed by atoms with Crippen LogP contribution in [0.15, 0.2) is 95.5 Å². The van der Waals surface area contributed by atoms with Crippen molar-refractivity contribution in [2.75, 3.05) is 11.6 Å². The van der Waals surface area contributed by atoms with Gasteiger partial charge in [-0.3, -0.25) is 9.54 Å².